The summed E-state index contributed by atoms with van der Waals surface area (Å²) in [5.74, 6) is 1.07. The second-order valence-electron chi connectivity index (χ2n) is 5.88. The molecular weight excluding hydrogens is 226 g/mol. The SMILES string of the molecule is Cc1nc2c(n1C(C)CC(C)(O)CN)CCCC2. The summed E-state index contributed by atoms with van der Waals surface area (Å²) >= 11 is 0. The lowest BCUT2D eigenvalue weighted by atomic mass is 9.96. The average molecular weight is 251 g/mol. The summed E-state index contributed by atoms with van der Waals surface area (Å²) in [5, 5.41) is 10.1. The molecule has 102 valence electrons. The number of nitrogens with two attached hydrogens (primary N) is 1. The molecular formula is C14H25N3O. The van der Waals surface area contributed by atoms with Gasteiger partial charge in [0, 0.05) is 18.3 Å². The van der Waals surface area contributed by atoms with Crippen LogP contribution in [-0.4, -0.2) is 26.8 Å². The van der Waals surface area contributed by atoms with Crippen molar-refractivity contribution in [3.63, 3.8) is 0 Å². The highest BCUT2D eigenvalue weighted by molar-refractivity contribution is 5.20. The number of nitrogens with zero attached hydrogens (tertiary/aromatic N) is 2. The fourth-order valence-electron chi connectivity index (χ4n) is 3.09. The monoisotopic (exact) mass is 251 g/mol. The highest BCUT2D eigenvalue weighted by Gasteiger charge is 2.26. The Morgan fingerprint density at radius 2 is 2.11 bits per heavy atom. The summed E-state index contributed by atoms with van der Waals surface area (Å²) in [6.07, 6.45) is 5.39. The summed E-state index contributed by atoms with van der Waals surface area (Å²) in [5.41, 5.74) is 7.45. The Kier molecular flexibility index (Phi) is 3.78. The largest absolute Gasteiger partial charge is 0.389 e. The van der Waals surface area contributed by atoms with Crippen molar-refractivity contribution < 1.29 is 5.11 Å². The first-order valence-corrected chi connectivity index (χ1v) is 6.93. The Hall–Kier alpha value is -0.870. The molecule has 0 saturated heterocycles. The van der Waals surface area contributed by atoms with Crippen molar-refractivity contribution in [1.82, 2.24) is 9.55 Å². The molecule has 0 bridgehead atoms. The lowest BCUT2D eigenvalue weighted by Gasteiger charge is -2.28. The number of imidazole rings is 1. The molecule has 0 amide bonds. The van der Waals surface area contributed by atoms with Crippen molar-refractivity contribution in [1.29, 1.82) is 0 Å². The van der Waals surface area contributed by atoms with Crippen LogP contribution in [0.15, 0.2) is 0 Å². The molecule has 2 unspecified atom stereocenters. The highest BCUT2D eigenvalue weighted by atomic mass is 16.3. The standard InChI is InChI=1S/C14H25N3O/c1-10(8-14(3,18)9-15)17-11(2)16-12-6-4-5-7-13(12)17/h10,18H,4-9,15H2,1-3H3. The van der Waals surface area contributed by atoms with Crippen molar-refractivity contribution in [3.05, 3.63) is 17.2 Å². The average Bonchev–Trinajstić information content (AvgIpc) is 2.64. The van der Waals surface area contributed by atoms with Crippen LogP contribution < -0.4 is 5.73 Å². The smallest absolute Gasteiger partial charge is 0.106 e. The van der Waals surface area contributed by atoms with E-state index in [1.807, 2.05) is 6.92 Å². The van der Waals surface area contributed by atoms with E-state index in [0.29, 0.717) is 13.0 Å². The van der Waals surface area contributed by atoms with E-state index in [-0.39, 0.29) is 6.04 Å². The number of aromatic nitrogens is 2. The van der Waals surface area contributed by atoms with Gasteiger partial charge in [0.05, 0.1) is 11.3 Å². The molecule has 0 aromatic carbocycles. The molecule has 0 radical (unpaired) electrons. The molecule has 1 aromatic heterocycles. The van der Waals surface area contributed by atoms with Crippen LogP contribution in [0.5, 0.6) is 0 Å². The molecule has 1 aromatic rings. The Balaban J connectivity index is 2.25. The van der Waals surface area contributed by atoms with Crippen molar-refractivity contribution >= 4 is 0 Å². The predicted octanol–water partition coefficient (Wildman–Crippen LogP) is 1.73. The molecule has 4 nitrogen and oxygen atoms in total. The third-order valence-corrected chi connectivity index (χ3v) is 3.96. The maximum absolute atomic E-state index is 10.1. The Labute approximate surface area is 109 Å². The van der Waals surface area contributed by atoms with Crippen LogP contribution in [0.3, 0.4) is 0 Å². The zero-order valence-corrected chi connectivity index (χ0v) is 11.7. The predicted molar refractivity (Wildman–Crippen MR) is 72.6 cm³/mol. The van der Waals surface area contributed by atoms with Crippen LogP contribution in [0.2, 0.25) is 0 Å². The van der Waals surface area contributed by atoms with Gasteiger partial charge in [-0.15, -0.1) is 0 Å². The molecule has 0 fully saturated rings. The van der Waals surface area contributed by atoms with Crippen molar-refractivity contribution in [3.8, 4) is 0 Å². The first-order valence-electron chi connectivity index (χ1n) is 6.93. The first-order chi connectivity index (χ1) is 8.44. The van der Waals surface area contributed by atoms with Gasteiger partial charge in [0.1, 0.15) is 5.82 Å². The third kappa shape index (κ3) is 2.59. The van der Waals surface area contributed by atoms with E-state index in [2.05, 4.69) is 23.4 Å². The molecule has 3 N–H and O–H groups in total. The lowest BCUT2D eigenvalue weighted by molar-refractivity contribution is 0.0459. The third-order valence-electron chi connectivity index (χ3n) is 3.96. The van der Waals surface area contributed by atoms with Crippen molar-refractivity contribution in [2.45, 2.75) is 64.5 Å². The summed E-state index contributed by atoms with van der Waals surface area (Å²) in [7, 11) is 0. The van der Waals surface area contributed by atoms with Crippen molar-refractivity contribution in [2.75, 3.05) is 6.54 Å². The van der Waals surface area contributed by atoms with Crippen LogP contribution in [0.1, 0.15) is 56.4 Å². The van der Waals surface area contributed by atoms with E-state index < -0.39 is 5.60 Å². The van der Waals surface area contributed by atoms with Gasteiger partial charge in [0.2, 0.25) is 0 Å². The zero-order valence-electron chi connectivity index (χ0n) is 11.7. The summed E-state index contributed by atoms with van der Waals surface area (Å²) in [6.45, 7) is 6.31. The van der Waals surface area contributed by atoms with Gasteiger partial charge in [-0.25, -0.2) is 4.98 Å². The van der Waals surface area contributed by atoms with Crippen LogP contribution in [-0.2, 0) is 12.8 Å². The number of rotatable bonds is 4. The minimum Gasteiger partial charge on any atom is -0.389 e. The lowest BCUT2D eigenvalue weighted by Crippen LogP contribution is -2.36. The maximum atomic E-state index is 10.1. The number of fused-ring (bicyclic) bond motifs is 1. The van der Waals surface area contributed by atoms with Gasteiger partial charge >= 0.3 is 0 Å². The van der Waals surface area contributed by atoms with Gasteiger partial charge in [0.15, 0.2) is 0 Å². The molecule has 0 saturated carbocycles. The van der Waals surface area contributed by atoms with Gasteiger partial charge in [-0.05, 0) is 52.9 Å². The van der Waals surface area contributed by atoms with E-state index in [4.69, 9.17) is 5.73 Å². The van der Waals surface area contributed by atoms with E-state index in [9.17, 15) is 5.11 Å². The fourth-order valence-corrected chi connectivity index (χ4v) is 3.09. The molecule has 1 aliphatic rings. The normalized spacial score (nSPS) is 20.3. The molecule has 2 rings (SSSR count). The fraction of sp³-hybridized carbons (Fsp3) is 0.786. The van der Waals surface area contributed by atoms with Crippen LogP contribution in [0.4, 0.5) is 0 Å². The number of hydrogen-bond acceptors (Lipinski definition) is 3. The van der Waals surface area contributed by atoms with Crippen LogP contribution >= 0.6 is 0 Å². The molecule has 1 aliphatic carbocycles. The first kappa shape index (κ1) is 13.6. The van der Waals surface area contributed by atoms with Gasteiger partial charge < -0.3 is 15.4 Å². The Morgan fingerprint density at radius 1 is 1.44 bits per heavy atom. The maximum Gasteiger partial charge on any atom is 0.106 e. The minimum absolute atomic E-state index is 0.248. The van der Waals surface area contributed by atoms with E-state index in [1.165, 1.54) is 24.2 Å². The Bertz CT molecular complexity index is 423. The topological polar surface area (TPSA) is 64.1 Å². The van der Waals surface area contributed by atoms with Gasteiger partial charge in [-0.2, -0.15) is 0 Å². The number of hydrogen-bond donors (Lipinski definition) is 2. The van der Waals surface area contributed by atoms with Gasteiger partial charge in [0.25, 0.3) is 0 Å². The Morgan fingerprint density at radius 3 is 2.78 bits per heavy atom. The summed E-state index contributed by atoms with van der Waals surface area (Å²) < 4.78 is 2.30. The molecule has 0 spiro atoms. The van der Waals surface area contributed by atoms with Gasteiger partial charge in [-0.3, -0.25) is 0 Å². The second-order valence-corrected chi connectivity index (χ2v) is 5.88. The minimum atomic E-state index is -0.794. The highest BCUT2D eigenvalue weighted by Crippen LogP contribution is 2.28. The number of aliphatic hydroxyl groups is 1. The summed E-state index contributed by atoms with van der Waals surface area (Å²) in [4.78, 5) is 4.68. The quantitative estimate of drug-likeness (QED) is 0.856. The molecule has 18 heavy (non-hydrogen) atoms. The number of aryl methyl sites for hydroxylation is 2. The van der Waals surface area contributed by atoms with Crippen LogP contribution in [0.25, 0.3) is 0 Å². The summed E-state index contributed by atoms with van der Waals surface area (Å²) in [6, 6.07) is 0.248. The van der Waals surface area contributed by atoms with E-state index >= 15 is 0 Å². The van der Waals surface area contributed by atoms with Crippen LogP contribution in [0, 0.1) is 6.92 Å². The van der Waals surface area contributed by atoms with Crippen molar-refractivity contribution in [2.24, 2.45) is 5.73 Å². The molecule has 4 heteroatoms. The molecule has 1 heterocycles. The molecule has 0 aliphatic heterocycles. The second kappa shape index (κ2) is 5.02. The molecule has 2 atom stereocenters. The van der Waals surface area contributed by atoms with Gasteiger partial charge in [-0.1, -0.05) is 0 Å². The van der Waals surface area contributed by atoms with E-state index in [0.717, 1.165) is 18.7 Å². The zero-order chi connectivity index (χ0) is 13.3. The van der Waals surface area contributed by atoms with E-state index in [1.54, 1.807) is 0 Å².